The second-order valence-corrected chi connectivity index (χ2v) is 5.39. The van der Waals surface area contributed by atoms with Gasteiger partial charge in [-0.2, -0.15) is 0 Å². The fourth-order valence-corrected chi connectivity index (χ4v) is 3.02. The van der Waals surface area contributed by atoms with E-state index in [-0.39, 0.29) is 13.3 Å². The van der Waals surface area contributed by atoms with E-state index < -0.39 is 17.8 Å². The van der Waals surface area contributed by atoms with Crippen LogP contribution < -0.4 is 4.74 Å². The number of ether oxygens (including phenoxy) is 3. The Balaban J connectivity index is 1.96. The van der Waals surface area contributed by atoms with E-state index >= 15 is 0 Å². The van der Waals surface area contributed by atoms with Gasteiger partial charge in [-0.3, -0.25) is 0 Å². The Kier molecular flexibility index (Phi) is 3.64. The Morgan fingerprint density at radius 3 is 3.14 bits per heavy atom. The molecular formula is C13H15ClN2O5. The summed E-state index contributed by atoms with van der Waals surface area (Å²) in [5.74, 6) is 0.578. The number of rotatable bonds is 2. The molecule has 0 aromatic carbocycles. The molecular weight excluding hydrogens is 300 g/mol. The van der Waals surface area contributed by atoms with Crippen LogP contribution in [0.2, 0.25) is 5.15 Å². The maximum atomic E-state index is 11.1. The fourth-order valence-electron chi connectivity index (χ4n) is 2.82. The van der Waals surface area contributed by atoms with Gasteiger partial charge >= 0.3 is 6.09 Å². The molecule has 7 nitrogen and oxygen atoms in total. The summed E-state index contributed by atoms with van der Waals surface area (Å²) in [5.41, 5.74) is -0.163. The number of nitrogens with zero attached hydrogens (tertiary/aromatic N) is 2. The molecule has 2 atom stereocenters. The number of halogens is 1. The van der Waals surface area contributed by atoms with E-state index in [9.17, 15) is 4.79 Å². The number of likely N-dealkylation sites (tertiary alicyclic amines) is 1. The third-order valence-corrected chi connectivity index (χ3v) is 4.15. The Hall–Kier alpha value is -1.57. The summed E-state index contributed by atoms with van der Waals surface area (Å²) in [7, 11) is 1.55. The molecule has 0 aliphatic carbocycles. The van der Waals surface area contributed by atoms with E-state index in [2.05, 4.69) is 4.98 Å². The molecule has 0 unspecified atom stereocenters. The first-order valence-corrected chi connectivity index (χ1v) is 6.88. The van der Waals surface area contributed by atoms with Crippen LogP contribution in [-0.2, 0) is 15.1 Å². The first kappa shape index (κ1) is 14.4. The lowest BCUT2D eigenvalue weighted by molar-refractivity contribution is -0.0478. The normalized spacial score (nSPS) is 28.3. The predicted octanol–water partition coefficient (Wildman–Crippen LogP) is 1.70. The van der Waals surface area contributed by atoms with Crippen LogP contribution in [0.3, 0.4) is 0 Å². The fraction of sp³-hybridized carbons (Fsp3) is 0.538. The Labute approximate surface area is 126 Å². The van der Waals surface area contributed by atoms with Gasteiger partial charge in [0.25, 0.3) is 0 Å². The lowest BCUT2D eigenvalue weighted by atomic mass is 9.85. The quantitative estimate of drug-likeness (QED) is 0.837. The van der Waals surface area contributed by atoms with Gasteiger partial charge in [0.15, 0.2) is 0 Å². The molecule has 0 spiro atoms. The van der Waals surface area contributed by atoms with Gasteiger partial charge in [-0.05, 0) is 0 Å². The zero-order valence-electron chi connectivity index (χ0n) is 11.4. The molecule has 2 saturated heterocycles. The van der Waals surface area contributed by atoms with Crippen molar-refractivity contribution in [2.24, 2.45) is 0 Å². The zero-order chi connectivity index (χ0) is 15.0. The van der Waals surface area contributed by atoms with Crippen molar-refractivity contribution >= 4 is 17.7 Å². The highest BCUT2D eigenvalue weighted by atomic mass is 35.5. The second-order valence-electron chi connectivity index (χ2n) is 5.00. The molecule has 8 heteroatoms. The average Bonchev–Trinajstić information content (AvgIpc) is 2.90. The molecule has 1 amide bonds. The summed E-state index contributed by atoms with van der Waals surface area (Å²) in [4.78, 5) is 16.8. The molecule has 2 fully saturated rings. The molecule has 3 heterocycles. The first-order valence-electron chi connectivity index (χ1n) is 6.50. The summed E-state index contributed by atoms with van der Waals surface area (Å²) in [6.07, 6.45) is -0.908. The molecule has 2 aliphatic rings. The van der Waals surface area contributed by atoms with Gasteiger partial charge in [0.2, 0.25) is 0 Å². The predicted molar refractivity (Wildman–Crippen MR) is 72.5 cm³/mol. The van der Waals surface area contributed by atoms with Gasteiger partial charge in [0.05, 0.1) is 19.3 Å². The lowest BCUT2D eigenvalue weighted by Crippen LogP contribution is -2.53. The Bertz CT molecular complexity index is 569. The van der Waals surface area contributed by atoms with Crippen LogP contribution >= 0.6 is 11.6 Å². The number of pyridine rings is 1. The van der Waals surface area contributed by atoms with Crippen LogP contribution in [0.15, 0.2) is 12.1 Å². The first-order chi connectivity index (χ1) is 10.0. The highest BCUT2D eigenvalue weighted by Crippen LogP contribution is 2.42. The van der Waals surface area contributed by atoms with Crippen molar-refractivity contribution in [2.45, 2.75) is 18.1 Å². The van der Waals surface area contributed by atoms with Crippen molar-refractivity contribution < 1.29 is 24.1 Å². The SMILES string of the molecule is COc1cc(Cl)nc([C@]23CCN(C(=O)O)C[C@H]2OCO3)c1. The maximum absolute atomic E-state index is 11.1. The summed E-state index contributed by atoms with van der Waals surface area (Å²) in [6, 6.07) is 3.36. The van der Waals surface area contributed by atoms with E-state index in [1.54, 1.807) is 19.2 Å². The van der Waals surface area contributed by atoms with Gasteiger partial charge in [0.1, 0.15) is 29.4 Å². The summed E-state index contributed by atoms with van der Waals surface area (Å²) in [6.45, 7) is 0.701. The van der Waals surface area contributed by atoms with Crippen molar-refractivity contribution in [3.8, 4) is 5.75 Å². The van der Waals surface area contributed by atoms with Gasteiger partial charge < -0.3 is 24.2 Å². The lowest BCUT2D eigenvalue weighted by Gasteiger charge is -2.40. The van der Waals surface area contributed by atoms with Crippen LogP contribution in [0.4, 0.5) is 4.79 Å². The number of hydrogen-bond donors (Lipinski definition) is 1. The average molecular weight is 315 g/mol. The number of carboxylic acid groups (broad SMARTS) is 1. The van der Waals surface area contributed by atoms with Gasteiger partial charge in [-0.25, -0.2) is 9.78 Å². The number of aromatic nitrogens is 1. The second kappa shape index (κ2) is 5.32. The van der Waals surface area contributed by atoms with Gasteiger partial charge in [-0.1, -0.05) is 11.6 Å². The third kappa shape index (κ3) is 2.41. The molecule has 0 radical (unpaired) electrons. The summed E-state index contributed by atoms with van der Waals surface area (Å²) in [5, 5.41) is 9.41. The molecule has 3 rings (SSSR count). The van der Waals surface area contributed by atoms with Crippen LogP contribution in [0.25, 0.3) is 0 Å². The highest BCUT2D eigenvalue weighted by Gasteiger charge is 2.52. The number of amides is 1. The minimum Gasteiger partial charge on any atom is -0.497 e. The number of fused-ring (bicyclic) bond motifs is 1. The number of carbonyl (C=O) groups is 1. The van der Waals surface area contributed by atoms with Gasteiger partial charge in [-0.15, -0.1) is 0 Å². The Morgan fingerprint density at radius 1 is 1.62 bits per heavy atom. The van der Waals surface area contributed by atoms with E-state index in [1.807, 2.05) is 0 Å². The van der Waals surface area contributed by atoms with E-state index in [1.165, 1.54) is 4.90 Å². The summed E-state index contributed by atoms with van der Waals surface area (Å²) >= 11 is 6.02. The van der Waals surface area contributed by atoms with Crippen LogP contribution in [0, 0.1) is 0 Å². The monoisotopic (exact) mass is 314 g/mol. The van der Waals surface area contributed by atoms with Crippen molar-refractivity contribution in [1.82, 2.24) is 9.88 Å². The highest BCUT2D eigenvalue weighted by molar-refractivity contribution is 6.29. The van der Waals surface area contributed by atoms with Crippen LogP contribution in [0.1, 0.15) is 12.1 Å². The number of piperidine rings is 1. The van der Waals surface area contributed by atoms with Crippen molar-refractivity contribution in [2.75, 3.05) is 27.0 Å². The van der Waals surface area contributed by atoms with Crippen molar-refractivity contribution in [3.05, 3.63) is 23.0 Å². The van der Waals surface area contributed by atoms with Gasteiger partial charge in [0, 0.05) is 25.1 Å². The molecule has 1 aromatic rings. The van der Waals surface area contributed by atoms with E-state index in [0.29, 0.717) is 29.6 Å². The number of hydrogen-bond acceptors (Lipinski definition) is 5. The molecule has 0 saturated carbocycles. The molecule has 114 valence electrons. The minimum absolute atomic E-state index is 0.106. The molecule has 1 N–H and O–H groups in total. The molecule has 1 aromatic heterocycles. The van der Waals surface area contributed by atoms with E-state index in [4.69, 9.17) is 30.9 Å². The summed E-state index contributed by atoms with van der Waals surface area (Å²) < 4.78 is 16.6. The topological polar surface area (TPSA) is 81.1 Å². The standard InChI is InChI=1S/C13H15ClN2O5/c1-19-8-4-9(15-11(14)5-8)13-2-3-16(12(17)18)6-10(13)20-7-21-13/h4-5,10H,2-3,6-7H2,1H3,(H,17,18)/t10-,13-/m1/s1. The Morgan fingerprint density at radius 2 is 2.43 bits per heavy atom. The maximum Gasteiger partial charge on any atom is 0.407 e. The van der Waals surface area contributed by atoms with Crippen LogP contribution in [0.5, 0.6) is 5.75 Å². The molecule has 21 heavy (non-hydrogen) atoms. The minimum atomic E-state index is -0.962. The van der Waals surface area contributed by atoms with Crippen molar-refractivity contribution in [1.29, 1.82) is 0 Å². The number of methoxy groups -OCH3 is 1. The largest absolute Gasteiger partial charge is 0.497 e. The van der Waals surface area contributed by atoms with E-state index in [0.717, 1.165) is 0 Å². The smallest absolute Gasteiger partial charge is 0.407 e. The third-order valence-electron chi connectivity index (χ3n) is 3.95. The molecule has 0 bridgehead atoms. The van der Waals surface area contributed by atoms with Crippen LogP contribution in [-0.4, -0.2) is 54.2 Å². The zero-order valence-corrected chi connectivity index (χ0v) is 12.2. The van der Waals surface area contributed by atoms with Crippen molar-refractivity contribution in [3.63, 3.8) is 0 Å². The molecule has 2 aliphatic heterocycles.